The highest BCUT2D eigenvalue weighted by Crippen LogP contribution is 2.22. The van der Waals surface area contributed by atoms with E-state index in [2.05, 4.69) is 11.8 Å². The molecule has 0 aliphatic carbocycles. The molecule has 0 amide bonds. The third-order valence-electron chi connectivity index (χ3n) is 1.63. The molecule has 0 saturated carbocycles. The quantitative estimate of drug-likeness (QED) is 0.308. The molecule has 0 aliphatic heterocycles. The van der Waals surface area contributed by atoms with Crippen LogP contribution in [0, 0.1) is 27.8 Å². The van der Waals surface area contributed by atoms with Crippen LogP contribution >= 0.6 is 0 Å². The first kappa shape index (κ1) is 10.9. The van der Waals surface area contributed by atoms with Crippen molar-refractivity contribution in [2.24, 2.45) is 0 Å². The summed E-state index contributed by atoms with van der Waals surface area (Å²) in [5.74, 6) is 3.67. The zero-order valence-electron chi connectivity index (χ0n) is 7.53. The van der Waals surface area contributed by atoms with Crippen molar-refractivity contribution in [3.63, 3.8) is 0 Å². The van der Waals surface area contributed by atoms with Crippen LogP contribution in [0.3, 0.4) is 0 Å². The molecule has 3 N–H and O–H groups in total. The number of anilines is 1. The fraction of sp³-hybridized carbons (Fsp3) is 0.111. The number of hydrogen-bond acceptors (Lipinski definition) is 4. The van der Waals surface area contributed by atoms with E-state index in [1.165, 1.54) is 0 Å². The van der Waals surface area contributed by atoms with Gasteiger partial charge in [0.1, 0.15) is 6.61 Å². The molecule has 0 spiro atoms. The van der Waals surface area contributed by atoms with Crippen LogP contribution in [0.1, 0.15) is 5.56 Å². The zero-order chi connectivity index (χ0) is 11.4. The maximum absolute atomic E-state index is 13.1. The fourth-order valence-corrected chi connectivity index (χ4v) is 0.947. The van der Waals surface area contributed by atoms with Gasteiger partial charge in [0.05, 0.1) is 22.2 Å². The van der Waals surface area contributed by atoms with E-state index in [0.29, 0.717) is 0 Å². The van der Waals surface area contributed by atoms with Gasteiger partial charge in [-0.05, 0) is 0 Å². The van der Waals surface area contributed by atoms with E-state index in [9.17, 15) is 14.5 Å². The molecule has 0 aromatic heterocycles. The second-order valence-electron chi connectivity index (χ2n) is 2.61. The van der Waals surface area contributed by atoms with E-state index >= 15 is 0 Å². The van der Waals surface area contributed by atoms with Crippen molar-refractivity contribution in [1.82, 2.24) is 0 Å². The van der Waals surface area contributed by atoms with E-state index < -0.39 is 23.0 Å². The lowest BCUT2D eigenvalue weighted by atomic mass is 10.1. The van der Waals surface area contributed by atoms with Gasteiger partial charge in [-0.25, -0.2) is 4.39 Å². The van der Waals surface area contributed by atoms with Crippen LogP contribution in [-0.2, 0) is 0 Å². The van der Waals surface area contributed by atoms with E-state index in [1.54, 1.807) is 0 Å². The number of nitro groups is 1. The number of hydrogen-bond donors (Lipinski definition) is 2. The van der Waals surface area contributed by atoms with Gasteiger partial charge < -0.3 is 10.8 Å². The Bertz CT molecular complexity index is 462. The Morgan fingerprint density at radius 1 is 1.60 bits per heavy atom. The second-order valence-corrected chi connectivity index (χ2v) is 2.61. The first-order chi connectivity index (χ1) is 7.06. The van der Waals surface area contributed by atoms with Gasteiger partial charge in [-0.15, -0.1) is 0 Å². The van der Waals surface area contributed by atoms with Crippen LogP contribution in [0.2, 0.25) is 0 Å². The van der Waals surface area contributed by atoms with E-state index in [1.807, 2.05) is 0 Å². The molecule has 15 heavy (non-hydrogen) atoms. The van der Waals surface area contributed by atoms with Crippen LogP contribution in [0.5, 0.6) is 0 Å². The molecule has 0 atom stereocenters. The largest absolute Gasteiger partial charge is 0.395 e. The number of aliphatic hydroxyl groups excluding tert-OH is 1. The van der Waals surface area contributed by atoms with Gasteiger partial charge in [0.15, 0.2) is 5.82 Å². The van der Waals surface area contributed by atoms with Gasteiger partial charge in [-0.2, -0.15) is 0 Å². The van der Waals surface area contributed by atoms with Crippen molar-refractivity contribution in [2.45, 2.75) is 0 Å². The third kappa shape index (κ3) is 2.42. The van der Waals surface area contributed by atoms with Crippen LogP contribution in [0.25, 0.3) is 0 Å². The molecule has 5 nitrogen and oxygen atoms in total. The van der Waals surface area contributed by atoms with Crippen molar-refractivity contribution in [1.29, 1.82) is 0 Å². The monoisotopic (exact) mass is 210 g/mol. The van der Waals surface area contributed by atoms with Gasteiger partial charge in [0, 0.05) is 6.07 Å². The topological polar surface area (TPSA) is 89.4 Å². The normalized spacial score (nSPS) is 9.20. The lowest BCUT2D eigenvalue weighted by Gasteiger charge is -1.99. The summed E-state index contributed by atoms with van der Waals surface area (Å²) in [7, 11) is 0. The van der Waals surface area contributed by atoms with Crippen LogP contribution in [0.4, 0.5) is 15.8 Å². The summed E-state index contributed by atoms with van der Waals surface area (Å²) in [6, 6.07) is 1.78. The van der Waals surface area contributed by atoms with Crippen molar-refractivity contribution in [2.75, 3.05) is 12.3 Å². The molecular weight excluding hydrogens is 203 g/mol. The number of non-ortho nitro benzene ring substituents is 1. The summed E-state index contributed by atoms with van der Waals surface area (Å²) >= 11 is 0. The predicted octanol–water partition coefficient (Wildman–Crippen LogP) is 0.660. The average molecular weight is 210 g/mol. The zero-order valence-corrected chi connectivity index (χ0v) is 7.53. The third-order valence-corrected chi connectivity index (χ3v) is 1.63. The number of nitrogens with zero attached hydrogens (tertiary/aromatic N) is 1. The number of aliphatic hydroxyl groups is 1. The molecule has 78 valence electrons. The maximum atomic E-state index is 13.1. The van der Waals surface area contributed by atoms with Crippen molar-refractivity contribution in [3.05, 3.63) is 33.6 Å². The molecule has 0 saturated heterocycles. The standard InChI is InChI=1S/C9H7FN2O3/c10-8-5-7(12(14)15)4-6(9(8)11)2-1-3-13/h4-5,13H,3,11H2. The minimum atomic E-state index is -0.897. The van der Waals surface area contributed by atoms with Gasteiger partial charge in [-0.3, -0.25) is 10.1 Å². The number of rotatable bonds is 1. The minimum Gasteiger partial charge on any atom is -0.395 e. The number of halogens is 1. The SMILES string of the molecule is Nc1c(F)cc([N+](=O)[O-])cc1C#CCO. The Morgan fingerprint density at radius 3 is 2.80 bits per heavy atom. The smallest absolute Gasteiger partial charge is 0.273 e. The molecule has 0 fully saturated rings. The molecule has 0 aliphatic rings. The fourth-order valence-electron chi connectivity index (χ4n) is 0.947. The maximum Gasteiger partial charge on any atom is 0.273 e. The van der Waals surface area contributed by atoms with E-state index in [0.717, 1.165) is 12.1 Å². The Balaban J connectivity index is 3.31. The van der Waals surface area contributed by atoms with Gasteiger partial charge >= 0.3 is 0 Å². The van der Waals surface area contributed by atoms with E-state index in [-0.39, 0.29) is 11.3 Å². The summed E-state index contributed by atoms with van der Waals surface area (Å²) in [6.45, 7) is -0.427. The number of benzene rings is 1. The van der Waals surface area contributed by atoms with Gasteiger partial charge in [0.2, 0.25) is 0 Å². The Morgan fingerprint density at radius 2 is 2.27 bits per heavy atom. The molecular formula is C9H7FN2O3. The van der Waals surface area contributed by atoms with E-state index in [4.69, 9.17) is 10.8 Å². The highest BCUT2D eigenvalue weighted by molar-refractivity contribution is 5.61. The van der Waals surface area contributed by atoms with Crippen LogP contribution in [0.15, 0.2) is 12.1 Å². The van der Waals surface area contributed by atoms with Crippen molar-refractivity contribution < 1.29 is 14.4 Å². The molecule has 0 unspecified atom stereocenters. The predicted molar refractivity (Wildman–Crippen MR) is 51.4 cm³/mol. The number of nitrogen functional groups attached to an aromatic ring is 1. The van der Waals surface area contributed by atoms with Crippen molar-refractivity contribution >= 4 is 11.4 Å². The minimum absolute atomic E-state index is 0.00394. The summed E-state index contributed by atoms with van der Waals surface area (Å²) in [5, 5.41) is 18.8. The molecule has 0 radical (unpaired) electrons. The lowest BCUT2D eigenvalue weighted by Crippen LogP contribution is -1.98. The summed E-state index contributed by atoms with van der Waals surface area (Å²) in [5.41, 5.74) is 4.62. The average Bonchev–Trinajstić information content (AvgIpc) is 2.19. The number of nitrogens with two attached hydrogens (primary N) is 1. The first-order valence-electron chi connectivity index (χ1n) is 3.89. The molecule has 6 heteroatoms. The highest BCUT2D eigenvalue weighted by Gasteiger charge is 2.13. The summed E-state index contributed by atoms with van der Waals surface area (Å²) in [6.07, 6.45) is 0. The van der Waals surface area contributed by atoms with Crippen LogP contribution in [-0.4, -0.2) is 16.6 Å². The second kappa shape index (κ2) is 4.39. The molecule has 1 aromatic carbocycles. The number of nitro benzene ring substituents is 1. The summed E-state index contributed by atoms with van der Waals surface area (Å²) in [4.78, 5) is 9.65. The Labute approximate surface area is 84.5 Å². The Hall–Kier alpha value is -2.13. The first-order valence-corrected chi connectivity index (χ1v) is 3.89. The molecule has 1 aromatic rings. The summed E-state index contributed by atoms with van der Waals surface area (Å²) < 4.78 is 13.1. The van der Waals surface area contributed by atoms with Crippen LogP contribution < -0.4 is 5.73 Å². The molecule has 0 heterocycles. The lowest BCUT2D eigenvalue weighted by molar-refractivity contribution is -0.385. The van der Waals surface area contributed by atoms with Gasteiger partial charge in [-0.1, -0.05) is 11.8 Å². The Kier molecular flexibility index (Phi) is 3.21. The molecule has 1 rings (SSSR count). The van der Waals surface area contributed by atoms with Crippen molar-refractivity contribution in [3.8, 4) is 11.8 Å². The van der Waals surface area contributed by atoms with Gasteiger partial charge in [0.25, 0.3) is 5.69 Å². The molecule has 0 bridgehead atoms. The highest BCUT2D eigenvalue weighted by atomic mass is 19.1.